The van der Waals surface area contributed by atoms with E-state index < -0.39 is 0 Å². The van der Waals surface area contributed by atoms with Gasteiger partial charge >= 0.3 is 0 Å². The van der Waals surface area contributed by atoms with Crippen LogP contribution in [0.1, 0.15) is 27.6 Å². The Kier molecular flexibility index (Phi) is 3.98. The Morgan fingerprint density at radius 3 is 2.50 bits per heavy atom. The van der Waals surface area contributed by atoms with E-state index in [0.717, 1.165) is 49.9 Å². The molecule has 3 rings (SSSR count). The van der Waals surface area contributed by atoms with Crippen molar-refractivity contribution in [2.45, 2.75) is 20.4 Å². The van der Waals surface area contributed by atoms with Crippen molar-refractivity contribution in [3.05, 3.63) is 35.0 Å². The van der Waals surface area contributed by atoms with Gasteiger partial charge in [0.05, 0.1) is 11.4 Å². The number of aryl methyl sites for hydroxylation is 3. The molecule has 0 spiro atoms. The molecule has 2 aromatic heterocycles. The Balaban J connectivity index is 1.57. The number of nitrogens with zero attached hydrogens (tertiary/aromatic N) is 5. The highest BCUT2D eigenvalue weighted by Gasteiger charge is 2.24. The van der Waals surface area contributed by atoms with E-state index >= 15 is 0 Å². The Morgan fingerprint density at radius 2 is 1.95 bits per heavy atom. The van der Waals surface area contributed by atoms with Crippen LogP contribution in [0.2, 0.25) is 0 Å². The summed E-state index contributed by atoms with van der Waals surface area (Å²) < 4.78 is 6.74. The van der Waals surface area contributed by atoms with Gasteiger partial charge in [-0.2, -0.15) is 5.10 Å². The molecule has 7 nitrogen and oxygen atoms in total. The molecule has 0 aliphatic carbocycles. The fraction of sp³-hybridized carbons (Fsp3) is 0.533. The second kappa shape index (κ2) is 5.92. The van der Waals surface area contributed by atoms with Gasteiger partial charge in [-0.3, -0.25) is 14.4 Å². The maximum Gasteiger partial charge on any atom is 0.272 e. The van der Waals surface area contributed by atoms with E-state index in [1.54, 1.807) is 4.68 Å². The van der Waals surface area contributed by atoms with Gasteiger partial charge in [-0.1, -0.05) is 5.16 Å². The summed E-state index contributed by atoms with van der Waals surface area (Å²) in [5.41, 5.74) is 2.46. The molecule has 0 radical (unpaired) electrons. The van der Waals surface area contributed by atoms with Gasteiger partial charge in [-0.05, 0) is 19.9 Å². The van der Waals surface area contributed by atoms with Crippen LogP contribution >= 0.6 is 0 Å². The lowest BCUT2D eigenvalue weighted by Crippen LogP contribution is -2.48. The van der Waals surface area contributed by atoms with Crippen LogP contribution in [0.3, 0.4) is 0 Å². The van der Waals surface area contributed by atoms with Crippen molar-refractivity contribution < 1.29 is 9.32 Å². The summed E-state index contributed by atoms with van der Waals surface area (Å²) in [5, 5.41) is 8.26. The third-order valence-electron chi connectivity index (χ3n) is 3.94. The standard InChI is InChI=1S/C15H21N5O2/c1-11-8-14(18(3)16-11)15(21)20-6-4-19(5-7-20)10-13-9-12(2)22-17-13/h8-9H,4-7,10H2,1-3H3. The highest BCUT2D eigenvalue weighted by molar-refractivity contribution is 5.92. The zero-order valence-electron chi connectivity index (χ0n) is 13.2. The van der Waals surface area contributed by atoms with E-state index in [4.69, 9.17) is 4.52 Å². The van der Waals surface area contributed by atoms with Gasteiger partial charge < -0.3 is 9.42 Å². The summed E-state index contributed by atoms with van der Waals surface area (Å²) in [7, 11) is 1.81. The minimum atomic E-state index is 0.0556. The van der Waals surface area contributed by atoms with Gasteiger partial charge in [0.2, 0.25) is 0 Å². The van der Waals surface area contributed by atoms with E-state index in [0.29, 0.717) is 5.69 Å². The van der Waals surface area contributed by atoms with Gasteiger partial charge in [0.25, 0.3) is 5.91 Å². The first-order chi connectivity index (χ1) is 10.5. The predicted molar refractivity (Wildman–Crippen MR) is 80.4 cm³/mol. The summed E-state index contributed by atoms with van der Waals surface area (Å²) >= 11 is 0. The van der Waals surface area contributed by atoms with Crippen LogP contribution in [0.5, 0.6) is 0 Å². The molecule has 7 heteroatoms. The molecule has 2 aromatic rings. The van der Waals surface area contributed by atoms with Crippen LogP contribution in [0, 0.1) is 13.8 Å². The number of hydrogen-bond acceptors (Lipinski definition) is 5. The number of piperazine rings is 1. The van der Waals surface area contributed by atoms with Crippen molar-refractivity contribution in [3.8, 4) is 0 Å². The molecule has 1 fully saturated rings. The molecule has 0 atom stereocenters. The van der Waals surface area contributed by atoms with Crippen molar-refractivity contribution in [2.75, 3.05) is 26.2 Å². The third kappa shape index (κ3) is 3.04. The SMILES string of the molecule is Cc1cc(C(=O)N2CCN(Cc3cc(C)on3)CC2)n(C)n1. The van der Waals surface area contributed by atoms with E-state index in [-0.39, 0.29) is 5.91 Å². The average molecular weight is 303 g/mol. The lowest BCUT2D eigenvalue weighted by molar-refractivity contribution is 0.0615. The Labute approximate surface area is 129 Å². The van der Waals surface area contributed by atoms with Crippen molar-refractivity contribution in [1.82, 2.24) is 24.7 Å². The molecular weight excluding hydrogens is 282 g/mol. The van der Waals surface area contributed by atoms with Crippen molar-refractivity contribution in [3.63, 3.8) is 0 Å². The summed E-state index contributed by atoms with van der Waals surface area (Å²) in [6, 6.07) is 3.79. The van der Waals surface area contributed by atoms with Gasteiger partial charge in [0.1, 0.15) is 11.5 Å². The van der Waals surface area contributed by atoms with Crippen LogP contribution in [-0.2, 0) is 13.6 Å². The Bertz CT molecular complexity index is 667. The first kappa shape index (κ1) is 14.8. The molecule has 1 saturated heterocycles. The molecule has 1 aliphatic rings. The van der Waals surface area contributed by atoms with Crippen LogP contribution in [0.25, 0.3) is 0 Å². The first-order valence-corrected chi connectivity index (χ1v) is 7.47. The normalized spacial score (nSPS) is 16.2. The maximum atomic E-state index is 12.5. The summed E-state index contributed by atoms with van der Waals surface area (Å²) in [4.78, 5) is 16.7. The van der Waals surface area contributed by atoms with E-state index in [2.05, 4.69) is 15.2 Å². The van der Waals surface area contributed by atoms with Crippen LogP contribution in [-0.4, -0.2) is 56.8 Å². The number of rotatable bonds is 3. The number of carbonyl (C=O) groups excluding carboxylic acids is 1. The number of hydrogen-bond donors (Lipinski definition) is 0. The summed E-state index contributed by atoms with van der Waals surface area (Å²) in [6.07, 6.45) is 0. The van der Waals surface area contributed by atoms with Crippen LogP contribution in [0.4, 0.5) is 0 Å². The number of amides is 1. The lowest BCUT2D eigenvalue weighted by atomic mass is 10.2. The average Bonchev–Trinajstić information content (AvgIpc) is 3.04. The molecule has 0 saturated carbocycles. The smallest absolute Gasteiger partial charge is 0.272 e. The summed E-state index contributed by atoms with van der Waals surface area (Å²) in [6.45, 7) is 7.69. The van der Waals surface area contributed by atoms with E-state index in [9.17, 15) is 4.79 Å². The second-order valence-electron chi connectivity index (χ2n) is 5.79. The molecule has 22 heavy (non-hydrogen) atoms. The van der Waals surface area contributed by atoms with Gasteiger partial charge in [-0.15, -0.1) is 0 Å². The Morgan fingerprint density at radius 1 is 1.23 bits per heavy atom. The summed E-state index contributed by atoms with van der Waals surface area (Å²) in [5.74, 6) is 0.885. The van der Waals surface area contributed by atoms with E-state index in [1.807, 2.05) is 37.9 Å². The topological polar surface area (TPSA) is 67.4 Å². The minimum absolute atomic E-state index is 0.0556. The molecule has 1 aliphatic heterocycles. The van der Waals surface area contributed by atoms with Crippen molar-refractivity contribution in [1.29, 1.82) is 0 Å². The molecule has 0 N–H and O–H groups in total. The third-order valence-corrected chi connectivity index (χ3v) is 3.94. The van der Waals surface area contributed by atoms with Gasteiger partial charge in [0.15, 0.2) is 0 Å². The van der Waals surface area contributed by atoms with E-state index in [1.165, 1.54) is 0 Å². The molecule has 0 unspecified atom stereocenters. The molecule has 0 aromatic carbocycles. The molecule has 1 amide bonds. The fourth-order valence-corrected chi connectivity index (χ4v) is 2.80. The van der Waals surface area contributed by atoms with Crippen molar-refractivity contribution in [2.24, 2.45) is 7.05 Å². The largest absolute Gasteiger partial charge is 0.361 e. The zero-order chi connectivity index (χ0) is 15.7. The number of aromatic nitrogens is 3. The van der Waals surface area contributed by atoms with Crippen LogP contribution < -0.4 is 0 Å². The highest BCUT2D eigenvalue weighted by Crippen LogP contribution is 2.12. The zero-order valence-corrected chi connectivity index (χ0v) is 13.2. The van der Waals surface area contributed by atoms with Gasteiger partial charge in [-0.25, -0.2) is 0 Å². The lowest BCUT2D eigenvalue weighted by Gasteiger charge is -2.34. The molecule has 118 valence electrons. The quantitative estimate of drug-likeness (QED) is 0.845. The Hall–Kier alpha value is -2.15. The van der Waals surface area contributed by atoms with Crippen LogP contribution in [0.15, 0.2) is 16.7 Å². The van der Waals surface area contributed by atoms with Crippen molar-refractivity contribution >= 4 is 5.91 Å². The molecule has 0 bridgehead atoms. The highest BCUT2D eigenvalue weighted by atomic mass is 16.5. The number of carbonyl (C=O) groups is 1. The fourth-order valence-electron chi connectivity index (χ4n) is 2.80. The first-order valence-electron chi connectivity index (χ1n) is 7.47. The monoisotopic (exact) mass is 303 g/mol. The minimum Gasteiger partial charge on any atom is -0.361 e. The molecule has 3 heterocycles. The maximum absolute atomic E-state index is 12.5. The predicted octanol–water partition coefficient (Wildman–Crippen LogP) is 0.983. The van der Waals surface area contributed by atoms with Gasteiger partial charge in [0, 0.05) is 45.8 Å². The molecular formula is C15H21N5O2. The second-order valence-corrected chi connectivity index (χ2v) is 5.79.